The number of rotatable bonds is 2. The topological polar surface area (TPSA) is 9.23 Å². The highest BCUT2D eigenvalue weighted by Crippen LogP contribution is 2.35. The molecule has 0 saturated carbocycles. The van der Waals surface area contributed by atoms with Gasteiger partial charge in [0.2, 0.25) is 0 Å². The summed E-state index contributed by atoms with van der Waals surface area (Å²) in [5.74, 6) is -0.145. The van der Waals surface area contributed by atoms with Gasteiger partial charge in [0, 0.05) is 0 Å². The van der Waals surface area contributed by atoms with Crippen molar-refractivity contribution < 1.29 is 17.9 Å². The Labute approximate surface area is 74.1 Å². The molecular formula is C9H8F3O. The van der Waals surface area contributed by atoms with Crippen molar-refractivity contribution in [2.75, 3.05) is 6.61 Å². The second-order valence-electron chi connectivity index (χ2n) is 2.35. The second-order valence-corrected chi connectivity index (χ2v) is 2.35. The smallest absolute Gasteiger partial charge is 0.419 e. The summed E-state index contributed by atoms with van der Waals surface area (Å²) in [6, 6.07) is 5.89. The largest absolute Gasteiger partial charge is 0.493 e. The molecule has 1 nitrogen and oxygen atoms in total. The number of halogens is 3. The molecule has 0 atom stereocenters. The third-order valence-electron chi connectivity index (χ3n) is 1.43. The van der Waals surface area contributed by atoms with Gasteiger partial charge >= 0.3 is 6.18 Å². The van der Waals surface area contributed by atoms with Crippen LogP contribution < -0.4 is 4.74 Å². The van der Waals surface area contributed by atoms with E-state index in [4.69, 9.17) is 4.74 Å². The van der Waals surface area contributed by atoms with Gasteiger partial charge in [0.15, 0.2) is 0 Å². The van der Waals surface area contributed by atoms with Crippen molar-refractivity contribution in [2.24, 2.45) is 0 Å². The molecule has 1 rings (SSSR count). The van der Waals surface area contributed by atoms with E-state index in [-0.39, 0.29) is 12.4 Å². The fraction of sp³-hybridized carbons (Fsp3) is 0.333. The van der Waals surface area contributed by atoms with Crippen LogP contribution in [-0.4, -0.2) is 6.61 Å². The lowest BCUT2D eigenvalue weighted by atomic mass is 10.2. The molecule has 0 saturated heterocycles. The van der Waals surface area contributed by atoms with Gasteiger partial charge in [0.25, 0.3) is 0 Å². The van der Waals surface area contributed by atoms with Crippen LogP contribution in [-0.2, 0) is 6.18 Å². The van der Waals surface area contributed by atoms with Crippen LogP contribution in [0.1, 0.15) is 12.5 Å². The summed E-state index contributed by atoms with van der Waals surface area (Å²) >= 11 is 0. The highest BCUT2D eigenvalue weighted by Gasteiger charge is 2.33. The van der Waals surface area contributed by atoms with E-state index in [9.17, 15) is 13.2 Å². The van der Waals surface area contributed by atoms with Crippen molar-refractivity contribution in [1.29, 1.82) is 0 Å². The molecule has 0 unspecified atom stereocenters. The van der Waals surface area contributed by atoms with Gasteiger partial charge in [-0.3, -0.25) is 0 Å². The van der Waals surface area contributed by atoms with Crippen LogP contribution >= 0.6 is 0 Å². The Morgan fingerprint density at radius 3 is 2.69 bits per heavy atom. The maximum atomic E-state index is 12.3. The van der Waals surface area contributed by atoms with E-state index in [1.54, 1.807) is 6.92 Å². The molecule has 4 heteroatoms. The monoisotopic (exact) mass is 189 g/mol. The molecule has 0 bridgehead atoms. The fourth-order valence-electron chi connectivity index (χ4n) is 0.919. The van der Waals surface area contributed by atoms with Gasteiger partial charge in [0.1, 0.15) is 5.75 Å². The summed E-state index contributed by atoms with van der Waals surface area (Å²) in [6.07, 6.45) is -4.37. The molecule has 0 aliphatic carbocycles. The molecule has 0 aliphatic heterocycles. The summed E-state index contributed by atoms with van der Waals surface area (Å²) in [4.78, 5) is 0. The Kier molecular flexibility index (Phi) is 2.80. The lowest BCUT2D eigenvalue weighted by Gasteiger charge is -2.11. The van der Waals surface area contributed by atoms with Gasteiger partial charge in [-0.2, -0.15) is 13.2 Å². The van der Waals surface area contributed by atoms with Gasteiger partial charge < -0.3 is 4.74 Å². The Balaban J connectivity index is 3.05. The zero-order valence-corrected chi connectivity index (χ0v) is 6.98. The Bertz CT molecular complexity index is 280. The molecule has 0 amide bonds. The van der Waals surface area contributed by atoms with E-state index in [1.807, 2.05) is 0 Å². The molecule has 1 aromatic rings. The molecule has 13 heavy (non-hydrogen) atoms. The minimum atomic E-state index is -4.37. The third kappa shape index (κ3) is 2.37. The van der Waals surface area contributed by atoms with E-state index < -0.39 is 11.7 Å². The zero-order valence-electron chi connectivity index (χ0n) is 6.98. The molecule has 1 radical (unpaired) electrons. The maximum absolute atomic E-state index is 12.3. The molecule has 0 heterocycles. The van der Waals surface area contributed by atoms with Crippen molar-refractivity contribution >= 4 is 0 Å². The van der Waals surface area contributed by atoms with Crippen LogP contribution in [0.2, 0.25) is 0 Å². The zero-order chi connectivity index (χ0) is 9.90. The van der Waals surface area contributed by atoms with E-state index in [1.165, 1.54) is 12.1 Å². The Hall–Kier alpha value is -1.19. The first kappa shape index (κ1) is 9.89. The van der Waals surface area contributed by atoms with Crippen molar-refractivity contribution in [1.82, 2.24) is 0 Å². The van der Waals surface area contributed by atoms with E-state index in [0.29, 0.717) is 0 Å². The number of hydrogen-bond acceptors (Lipinski definition) is 1. The molecule has 71 valence electrons. The van der Waals surface area contributed by atoms with Crippen LogP contribution in [0, 0.1) is 6.07 Å². The average molecular weight is 189 g/mol. The molecule has 0 spiro atoms. The Morgan fingerprint density at radius 2 is 2.15 bits per heavy atom. The lowest BCUT2D eigenvalue weighted by molar-refractivity contribution is -0.138. The van der Waals surface area contributed by atoms with Gasteiger partial charge in [-0.25, -0.2) is 0 Å². The predicted molar refractivity (Wildman–Crippen MR) is 41.4 cm³/mol. The predicted octanol–water partition coefficient (Wildman–Crippen LogP) is 2.90. The standard InChI is InChI=1S/C9H8F3O/c1-2-13-8-6-4-3-5-7(8)9(10,11)12/h4-6H,2H2,1H3. The summed E-state index contributed by atoms with van der Waals surface area (Å²) in [5, 5.41) is 0. The van der Waals surface area contributed by atoms with Crippen LogP contribution in [0.25, 0.3) is 0 Å². The highest BCUT2D eigenvalue weighted by atomic mass is 19.4. The normalized spacial score (nSPS) is 11.4. The van der Waals surface area contributed by atoms with Crippen LogP contribution in [0.3, 0.4) is 0 Å². The number of ether oxygens (including phenoxy) is 1. The second kappa shape index (κ2) is 3.68. The highest BCUT2D eigenvalue weighted by molar-refractivity contribution is 5.34. The number of alkyl halides is 3. The lowest BCUT2D eigenvalue weighted by Crippen LogP contribution is -2.08. The van der Waals surface area contributed by atoms with Crippen molar-refractivity contribution in [3.63, 3.8) is 0 Å². The number of benzene rings is 1. The molecule has 0 fully saturated rings. The Morgan fingerprint density at radius 1 is 1.46 bits per heavy atom. The van der Waals surface area contributed by atoms with Crippen LogP contribution in [0.15, 0.2) is 18.2 Å². The summed E-state index contributed by atoms with van der Waals surface area (Å²) < 4.78 is 41.6. The van der Waals surface area contributed by atoms with E-state index >= 15 is 0 Å². The summed E-state index contributed by atoms with van der Waals surface area (Å²) in [7, 11) is 0. The van der Waals surface area contributed by atoms with Crippen LogP contribution in [0.5, 0.6) is 5.75 Å². The quantitative estimate of drug-likeness (QED) is 0.695. The van der Waals surface area contributed by atoms with Gasteiger partial charge in [-0.15, -0.1) is 0 Å². The minimum Gasteiger partial charge on any atom is -0.493 e. The molecule has 1 aromatic carbocycles. The average Bonchev–Trinajstić information content (AvgIpc) is 2.04. The van der Waals surface area contributed by atoms with E-state index in [0.717, 1.165) is 6.07 Å². The minimum absolute atomic E-state index is 0.145. The van der Waals surface area contributed by atoms with Crippen molar-refractivity contribution in [3.05, 3.63) is 29.8 Å². The third-order valence-corrected chi connectivity index (χ3v) is 1.43. The first-order chi connectivity index (χ1) is 6.05. The van der Waals surface area contributed by atoms with Crippen molar-refractivity contribution in [2.45, 2.75) is 13.1 Å². The molecular weight excluding hydrogens is 181 g/mol. The van der Waals surface area contributed by atoms with E-state index in [2.05, 4.69) is 6.07 Å². The summed E-state index contributed by atoms with van der Waals surface area (Å²) in [5.41, 5.74) is -0.781. The van der Waals surface area contributed by atoms with Crippen LogP contribution in [0.4, 0.5) is 13.2 Å². The number of hydrogen-bond donors (Lipinski definition) is 0. The molecule has 0 aromatic heterocycles. The first-order valence-corrected chi connectivity index (χ1v) is 3.75. The first-order valence-electron chi connectivity index (χ1n) is 3.75. The molecule has 0 aliphatic rings. The van der Waals surface area contributed by atoms with Gasteiger partial charge in [0.05, 0.1) is 12.2 Å². The maximum Gasteiger partial charge on any atom is 0.419 e. The van der Waals surface area contributed by atoms with Gasteiger partial charge in [-0.1, -0.05) is 6.07 Å². The van der Waals surface area contributed by atoms with Crippen molar-refractivity contribution in [3.8, 4) is 5.75 Å². The molecule has 0 N–H and O–H groups in total. The SMILES string of the molecule is CCOc1cc[c]cc1C(F)(F)F. The summed E-state index contributed by atoms with van der Waals surface area (Å²) in [6.45, 7) is 1.85. The fourth-order valence-corrected chi connectivity index (χ4v) is 0.919. The van der Waals surface area contributed by atoms with Gasteiger partial charge in [-0.05, 0) is 25.1 Å².